The molecule has 0 fully saturated rings. The Hall–Kier alpha value is -1.93. The van der Waals surface area contributed by atoms with Crippen molar-refractivity contribution in [2.75, 3.05) is 11.9 Å². The molecule has 0 bridgehead atoms. The van der Waals surface area contributed by atoms with E-state index >= 15 is 0 Å². The summed E-state index contributed by atoms with van der Waals surface area (Å²) in [5, 5.41) is 20.7. The Morgan fingerprint density at radius 2 is 2.17 bits per heavy atom. The molecule has 0 radical (unpaired) electrons. The second-order valence-corrected chi connectivity index (χ2v) is 4.24. The van der Waals surface area contributed by atoms with Crippen LogP contribution in [0.2, 0.25) is 0 Å². The molecule has 5 heteroatoms. The average Bonchev–Trinajstić information content (AvgIpc) is 2.80. The summed E-state index contributed by atoms with van der Waals surface area (Å²) >= 11 is 0. The van der Waals surface area contributed by atoms with E-state index in [4.69, 9.17) is 10.4 Å². The topological polar surface area (TPSA) is 56.0 Å². The number of halogens is 2. The van der Waals surface area contributed by atoms with Gasteiger partial charge in [-0.1, -0.05) is 12.2 Å². The molecule has 0 aromatic heterocycles. The molecule has 1 aromatic rings. The first-order valence-corrected chi connectivity index (χ1v) is 5.59. The predicted octanol–water partition coefficient (Wildman–Crippen LogP) is 2.19. The number of nitrogens with one attached hydrogen (secondary N) is 1. The zero-order valence-electron chi connectivity index (χ0n) is 9.53. The van der Waals surface area contributed by atoms with E-state index in [1.54, 1.807) is 6.07 Å². The van der Waals surface area contributed by atoms with Crippen LogP contribution in [-0.2, 0) is 0 Å². The lowest BCUT2D eigenvalue weighted by Crippen LogP contribution is -2.18. The fourth-order valence-corrected chi connectivity index (χ4v) is 2.01. The van der Waals surface area contributed by atoms with E-state index in [2.05, 4.69) is 5.32 Å². The van der Waals surface area contributed by atoms with Crippen molar-refractivity contribution in [3.8, 4) is 6.07 Å². The van der Waals surface area contributed by atoms with E-state index in [9.17, 15) is 8.78 Å². The smallest absolute Gasteiger partial charge is 0.150 e. The number of rotatable bonds is 3. The van der Waals surface area contributed by atoms with Crippen LogP contribution in [0.4, 0.5) is 14.5 Å². The van der Waals surface area contributed by atoms with Crippen molar-refractivity contribution in [2.45, 2.75) is 12.5 Å². The average molecular weight is 250 g/mol. The first-order valence-electron chi connectivity index (χ1n) is 5.59. The van der Waals surface area contributed by atoms with Crippen molar-refractivity contribution in [2.24, 2.45) is 5.92 Å². The maximum absolute atomic E-state index is 13.6. The molecule has 3 nitrogen and oxygen atoms in total. The summed E-state index contributed by atoms with van der Waals surface area (Å²) < 4.78 is 26.6. The highest BCUT2D eigenvalue weighted by molar-refractivity contribution is 5.59. The summed E-state index contributed by atoms with van der Waals surface area (Å²) in [5.41, 5.74) is -0.0551. The van der Waals surface area contributed by atoms with Crippen molar-refractivity contribution >= 4 is 5.69 Å². The molecule has 1 aliphatic rings. The van der Waals surface area contributed by atoms with Crippen LogP contribution in [0.25, 0.3) is 0 Å². The lowest BCUT2D eigenvalue weighted by atomic mass is 10.1. The van der Waals surface area contributed by atoms with Crippen LogP contribution in [0.1, 0.15) is 12.0 Å². The number of hydrogen-bond acceptors (Lipinski definition) is 3. The van der Waals surface area contributed by atoms with Gasteiger partial charge in [0.05, 0.1) is 11.3 Å². The molecule has 0 aliphatic heterocycles. The van der Waals surface area contributed by atoms with Gasteiger partial charge in [-0.3, -0.25) is 0 Å². The molecule has 0 spiro atoms. The molecule has 1 aliphatic carbocycles. The predicted molar refractivity (Wildman–Crippen MR) is 62.8 cm³/mol. The molecule has 2 rings (SSSR count). The summed E-state index contributed by atoms with van der Waals surface area (Å²) in [4.78, 5) is 0. The first-order chi connectivity index (χ1) is 8.63. The fourth-order valence-electron chi connectivity index (χ4n) is 2.01. The van der Waals surface area contributed by atoms with Crippen molar-refractivity contribution < 1.29 is 13.9 Å². The van der Waals surface area contributed by atoms with Gasteiger partial charge in [0.15, 0.2) is 5.82 Å². The van der Waals surface area contributed by atoms with Gasteiger partial charge >= 0.3 is 0 Å². The second kappa shape index (κ2) is 5.15. The number of benzene rings is 1. The largest absolute Gasteiger partial charge is 0.396 e. The number of nitrogens with zero attached hydrogens (tertiary/aromatic N) is 1. The summed E-state index contributed by atoms with van der Waals surface area (Å²) in [7, 11) is 0. The minimum Gasteiger partial charge on any atom is -0.396 e. The van der Waals surface area contributed by atoms with Gasteiger partial charge < -0.3 is 10.4 Å². The standard InChI is InChI=1S/C13H12F2N2O/c14-10-4-9(6-16)13(12(15)5-10)17-11-2-1-8(3-11)7-18/h1-2,4-5,8,11,17-18H,3,7H2/t8-,11+/m0/s1. The quantitative estimate of drug-likeness (QED) is 0.808. The van der Waals surface area contributed by atoms with Crippen LogP contribution in [0.15, 0.2) is 24.3 Å². The highest BCUT2D eigenvalue weighted by Crippen LogP contribution is 2.26. The van der Waals surface area contributed by atoms with Crippen LogP contribution in [0.3, 0.4) is 0 Å². The highest BCUT2D eigenvalue weighted by Gasteiger charge is 2.20. The molecule has 1 aromatic carbocycles. The van der Waals surface area contributed by atoms with E-state index in [1.165, 1.54) is 0 Å². The normalized spacial score (nSPS) is 21.9. The molecule has 0 saturated heterocycles. The first kappa shape index (κ1) is 12.5. The third-order valence-electron chi connectivity index (χ3n) is 2.91. The van der Waals surface area contributed by atoms with E-state index < -0.39 is 11.6 Å². The summed E-state index contributed by atoms with van der Waals surface area (Å²) in [6.45, 7) is 0.0334. The molecule has 0 saturated carbocycles. The van der Waals surface area contributed by atoms with E-state index in [0.29, 0.717) is 6.42 Å². The third kappa shape index (κ3) is 2.49. The van der Waals surface area contributed by atoms with Gasteiger partial charge in [-0.15, -0.1) is 0 Å². The van der Waals surface area contributed by atoms with E-state index in [1.807, 2.05) is 12.2 Å². The Kier molecular flexibility index (Phi) is 3.58. The van der Waals surface area contributed by atoms with E-state index in [0.717, 1.165) is 12.1 Å². The maximum atomic E-state index is 13.6. The Balaban J connectivity index is 2.20. The van der Waals surface area contributed by atoms with Crippen molar-refractivity contribution in [1.82, 2.24) is 0 Å². The zero-order valence-corrected chi connectivity index (χ0v) is 9.53. The van der Waals surface area contributed by atoms with Crippen LogP contribution < -0.4 is 5.32 Å². The molecule has 94 valence electrons. The number of nitriles is 1. The highest BCUT2D eigenvalue weighted by atomic mass is 19.1. The minimum atomic E-state index is -0.785. The molecule has 0 unspecified atom stereocenters. The lowest BCUT2D eigenvalue weighted by molar-refractivity contribution is 0.250. The van der Waals surface area contributed by atoms with Gasteiger partial charge in [0, 0.05) is 24.6 Å². The van der Waals surface area contributed by atoms with Gasteiger partial charge in [0.25, 0.3) is 0 Å². The van der Waals surface area contributed by atoms with Gasteiger partial charge in [-0.05, 0) is 12.5 Å². The maximum Gasteiger partial charge on any atom is 0.150 e. The van der Waals surface area contributed by atoms with E-state index in [-0.39, 0.29) is 29.8 Å². The summed E-state index contributed by atoms with van der Waals surface area (Å²) in [5.74, 6) is -1.52. The SMILES string of the molecule is N#Cc1cc(F)cc(F)c1N[C@@H]1C=C[C@H](CO)C1. The minimum absolute atomic E-state index is 0.00661. The van der Waals surface area contributed by atoms with Crippen LogP contribution in [-0.4, -0.2) is 17.8 Å². The fraction of sp³-hybridized carbons (Fsp3) is 0.308. The molecule has 0 heterocycles. The van der Waals surface area contributed by atoms with Crippen molar-refractivity contribution in [1.29, 1.82) is 5.26 Å². The van der Waals surface area contributed by atoms with Crippen molar-refractivity contribution in [3.63, 3.8) is 0 Å². The Morgan fingerprint density at radius 3 is 2.78 bits per heavy atom. The lowest BCUT2D eigenvalue weighted by Gasteiger charge is -2.15. The number of aliphatic hydroxyl groups excluding tert-OH is 1. The number of aliphatic hydroxyl groups is 1. The van der Waals surface area contributed by atoms with Gasteiger partial charge in [0.2, 0.25) is 0 Å². The third-order valence-corrected chi connectivity index (χ3v) is 2.91. The molecule has 2 N–H and O–H groups in total. The zero-order chi connectivity index (χ0) is 13.1. The molecular formula is C13H12F2N2O. The summed E-state index contributed by atoms with van der Waals surface area (Å²) in [6.07, 6.45) is 4.27. The Labute approximate surface area is 103 Å². The van der Waals surface area contributed by atoms with Gasteiger partial charge in [-0.25, -0.2) is 8.78 Å². The Bertz CT molecular complexity index is 522. The molecule has 0 amide bonds. The van der Waals surface area contributed by atoms with Crippen LogP contribution >= 0.6 is 0 Å². The second-order valence-electron chi connectivity index (χ2n) is 4.24. The molecular weight excluding hydrogens is 238 g/mol. The monoisotopic (exact) mass is 250 g/mol. The Morgan fingerprint density at radius 1 is 1.39 bits per heavy atom. The van der Waals surface area contributed by atoms with Crippen molar-refractivity contribution in [3.05, 3.63) is 41.5 Å². The summed E-state index contributed by atoms with van der Waals surface area (Å²) in [6, 6.07) is 3.34. The molecule has 2 atom stereocenters. The van der Waals surface area contributed by atoms with Gasteiger partial charge in [-0.2, -0.15) is 5.26 Å². The van der Waals surface area contributed by atoms with Crippen LogP contribution in [0.5, 0.6) is 0 Å². The number of hydrogen-bond donors (Lipinski definition) is 2. The van der Waals surface area contributed by atoms with Gasteiger partial charge in [0.1, 0.15) is 11.9 Å². The molecule has 18 heavy (non-hydrogen) atoms. The van der Waals surface area contributed by atoms with Crippen LogP contribution in [0, 0.1) is 28.9 Å². The number of anilines is 1.